The maximum absolute atomic E-state index is 12.6. The number of sulfonamides is 1. The molecule has 1 aliphatic heterocycles. The third-order valence-corrected chi connectivity index (χ3v) is 5.90. The van der Waals surface area contributed by atoms with Crippen LogP contribution in [0.15, 0.2) is 36.5 Å². The van der Waals surface area contributed by atoms with E-state index in [1.807, 2.05) is 37.3 Å². The molecule has 2 aromatic rings. The van der Waals surface area contributed by atoms with Crippen LogP contribution in [0.3, 0.4) is 0 Å². The number of imidazole rings is 1. The molecule has 0 spiro atoms. The van der Waals surface area contributed by atoms with E-state index in [1.54, 1.807) is 10.5 Å². The van der Waals surface area contributed by atoms with Crippen LogP contribution in [0.1, 0.15) is 35.8 Å². The molecule has 1 fully saturated rings. The van der Waals surface area contributed by atoms with Gasteiger partial charge in [0.05, 0.1) is 5.75 Å². The first kappa shape index (κ1) is 15.2. The summed E-state index contributed by atoms with van der Waals surface area (Å²) in [5.41, 5.74) is 1.85. The summed E-state index contributed by atoms with van der Waals surface area (Å²) >= 11 is 0. The zero-order valence-electron chi connectivity index (χ0n) is 12.7. The molecule has 1 N–H and O–H groups in total. The summed E-state index contributed by atoms with van der Waals surface area (Å²) < 4.78 is 26.9. The van der Waals surface area contributed by atoms with Gasteiger partial charge < -0.3 is 4.98 Å². The average Bonchev–Trinajstić information content (AvgIpc) is 2.95. The number of rotatable bonds is 4. The van der Waals surface area contributed by atoms with Crippen LogP contribution >= 0.6 is 0 Å². The Labute approximate surface area is 131 Å². The predicted octanol–water partition coefficient (Wildman–Crippen LogP) is 2.43. The molecule has 0 unspecified atom stereocenters. The van der Waals surface area contributed by atoms with Crippen molar-refractivity contribution >= 4 is 10.0 Å². The highest BCUT2D eigenvalue weighted by atomic mass is 32.2. The molecule has 0 radical (unpaired) electrons. The summed E-state index contributed by atoms with van der Waals surface area (Å²) in [5.74, 6) is 1.13. The Kier molecular flexibility index (Phi) is 4.31. The number of benzene rings is 1. The molecule has 22 heavy (non-hydrogen) atoms. The minimum absolute atomic E-state index is 0.0672. The van der Waals surface area contributed by atoms with Gasteiger partial charge in [-0.25, -0.2) is 17.7 Å². The van der Waals surface area contributed by atoms with Gasteiger partial charge in [0.1, 0.15) is 5.82 Å². The van der Waals surface area contributed by atoms with E-state index in [1.165, 1.54) is 0 Å². The van der Waals surface area contributed by atoms with E-state index in [9.17, 15) is 8.42 Å². The number of nitrogens with one attached hydrogen (secondary N) is 1. The highest BCUT2D eigenvalue weighted by molar-refractivity contribution is 7.88. The molecule has 2 heterocycles. The van der Waals surface area contributed by atoms with Gasteiger partial charge in [-0.1, -0.05) is 30.3 Å². The Morgan fingerprint density at radius 3 is 2.77 bits per heavy atom. The van der Waals surface area contributed by atoms with Crippen molar-refractivity contribution in [2.45, 2.75) is 31.4 Å². The molecule has 5 nitrogen and oxygen atoms in total. The zero-order chi connectivity index (χ0) is 15.6. The number of piperidine rings is 1. The fourth-order valence-corrected chi connectivity index (χ4v) is 4.55. The molecule has 1 aromatic carbocycles. The minimum atomic E-state index is -3.28. The average molecular weight is 319 g/mol. The molecule has 0 bridgehead atoms. The molecule has 1 saturated heterocycles. The lowest BCUT2D eigenvalue weighted by molar-refractivity contribution is 0.309. The third-order valence-electron chi connectivity index (χ3n) is 4.08. The fraction of sp³-hybridized carbons (Fsp3) is 0.438. The number of hydrogen-bond donors (Lipinski definition) is 1. The van der Waals surface area contributed by atoms with Gasteiger partial charge in [-0.15, -0.1) is 0 Å². The van der Waals surface area contributed by atoms with Crippen molar-refractivity contribution < 1.29 is 8.42 Å². The van der Waals surface area contributed by atoms with Crippen LogP contribution in [-0.4, -0.2) is 35.8 Å². The first-order valence-electron chi connectivity index (χ1n) is 7.58. The van der Waals surface area contributed by atoms with Gasteiger partial charge in [0.2, 0.25) is 10.0 Å². The van der Waals surface area contributed by atoms with Crippen LogP contribution in [0.2, 0.25) is 0 Å². The number of nitrogens with zero attached hydrogens (tertiary/aromatic N) is 2. The molecule has 0 amide bonds. The monoisotopic (exact) mass is 319 g/mol. The summed E-state index contributed by atoms with van der Waals surface area (Å²) in [7, 11) is -3.28. The Hall–Kier alpha value is -1.66. The first-order chi connectivity index (χ1) is 10.5. The second-order valence-electron chi connectivity index (χ2n) is 5.89. The number of hydrogen-bond acceptors (Lipinski definition) is 3. The lowest BCUT2D eigenvalue weighted by Gasteiger charge is -2.31. The highest BCUT2D eigenvalue weighted by Crippen LogP contribution is 2.27. The van der Waals surface area contributed by atoms with Gasteiger partial charge in [0, 0.05) is 30.9 Å². The normalized spacial score (nSPS) is 20.1. The lowest BCUT2D eigenvalue weighted by Crippen LogP contribution is -2.40. The summed E-state index contributed by atoms with van der Waals surface area (Å²) in [6, 6.07) is 9.35. The second kappa shape index (κ2) is 6.22. The summed E-state index contributed by atoms with van der Waals surface area (Å²) in [6.45, 7) is 3.08. The van der Waals surface area contributed by atoms with E-state index < -0.39 is 10.0 Å². The van der Waals surface area contributed by atoms with Crippen LogP contribution in [0.4, 0.5) is 0 Å². The Morgan fingerprint density at radius 2 is 2.09 bits per heavy atom. The van der Waals surface area contributed by atoms with E-state index in [0.29, 0.717) is 13.1 Å². The number of aromatic amines is 1. The number of aromatic nitrogens is 2. The summed E-state index contributed by atoms with van der Waals surface area (Å²) in [4.78, 5) is 7.60. The first-order valence-corrected chi connectivity index (χ1v) is 9.19. The Balaban J connectivity index is 1.73. The molecule has 1 aromatic heterocycles. The lowest BCUT2D eigenvalue weighted by atomic mass is 9.99. The van der Waals surface area contributed by atoms with Crippen molar-refractivity contribution in [1.29, 1.82) is 0 Å². The van der Waals surface area contributed by atoms with Crippen molar-refractivity contribution in [3.8, 4) is 0 Å². The van der Waals surface area contributed by atoms with E-state index in [0.717, 1.165) is 29.9 Å². The molecular weight excluding hydrogens is 298 g/mol. The van der Waals surface area contributed by atoms with Crippen LogP contribution in [-0.2, 0) is 15.8 Å². The SMILES string of the molecule is Cc1cnc([C@@H]2CCCN(S(=O)(=O)Cc3ccccc3)C2)[nH]1. The van der Waals surface area contributed by atoms with Crippen LogP contribution < -0.4 is 0 Å². The molecule has 1 atom stereocenters. The predicted molar refractivity (Wildman–Crippen MR) is 85.9 cm³/mol. The van der Waals surface area contributed by atoms with E-state index in [-0.39, 0.29) is 11.7 Å². The maximum atomic E-state index is 12.6. The molecule has 3 rings (SSSR count). The topological polar surface area (TPSA) is 66.1 Å². The Bertz CT molecular complexity index is 725. The van der Waals surface area contributed by atoms with Gasteiger partial charge in [-0.2, -0.15) is 0 Å². The number of H-pyrrole nitrogens is 1. The van der Waals surface area contributed by atoms with Gasteiger partial charge in [-0.05, 0) is 25.3 Å². The highest BCUT2D eigenvalue weighted by Gasteiger charge is 2.30. The summed E-state index contributed by atoms with van der Waals surface area (Å²) in [5, 5.41) is 0. The van der Waals surface area contributed by atoms with Gasteiger partial charge in [-0.3, -0.25) is 0 Å². The summed E-state index contributed by atoms with van der Waals surface area (Å²) in [6.07, 6.45) is 3.65. The third kappa shape index (κ3) is 3.39. The fourth-order valence-electron chi connectivity index (χ4n) is 2.93. The smallest absolute Gasteiger partial charge is 0.218 e. The molecule has 0 saturated carbocycles. The van der Waals surface area contributed by atoms with Gasteiger partial charge >= 0.3 is 0 Å². The van der Waals surface area contributed by atoms with Crippen molar-refractivity contribution in [3.05, 3.63) is 53.6 Å². The molecule has 118 valence electrons. The van der Waals surface area contributed by atoms with Crippen LogP contribution in [0.25, 0.3) is 0 Å². The van der Waals surface area contributed by atoms with Crippen molar-refractivity contribution in [1.82, 2.24) is 14.3 Å². The van der Waals surface area contributed by atoms with E-state index in [2.05, 4.69) is 9.97 Å². The molecular formula is C16H21N3O2S. The second-order valence-corrected chi connectivity index (χ2v) is 7.86. The molecule has 1 aliphatic rings. The van der Waals surface area contributed by atoms with Gasteiger partial charge in [0.15, 0.2) is 0 Å². The van der Waals surface area contributed by atoms with E-state index >= 15 is 0 Å². The minimum Gasteiger partial charge on any atom is -0.346 e. The zero-order valence-corrected chi connectivity index (χ0v) is 13.5. The van der Waals surface area contributed by atoms with Crippen molar-refractivity contribution in [2.75, 3.05) is 13.1 Å². The maximum Gasteiger partial charge on any atom is 0.218 e. The quantitative estimate of drug-likeness (QED) is 0.941. The van der Waals surface area contributed by atoms with Crippen molar-refractivity contribution in [2.24, 2.45) is 0 Å². The van der Waals surface area contributed by atoms with Crippen LogP contribution in [0.5, 0.6) is 0 Å². The molecule has 0 aliphatic carbocycles. The molecule has 6 heteroatoms. The van der Waals surface area contributed by atoms with E-state index in [4.69, 9.17) is 0 Å². The standard InChI is InChI=1S/C16H21N3O2S/c1-13-10-17-16(18-13)15-8-5-9-19(11-15)22(20,21)12-14-6-3-2-4-7-14/h2-4,6-7,10,15H,5,8-9,11-12H2,1H3,(H,17,18)/t15-/m1/s1. The van der Waals surface area contributed by atoms with Crippen LogP contribution in [0, 0.1) is 6.92 Å². The Morgan fingerprint density at radius 1 is 1.32 bits per heavy atom. The largest absolute Gasteiger partial charge is 0.346 e. The van der Waals surface area contributed by atoms with Gasteiger partial charge in [0.25, 0.3) is 0 Å². The van der Waals surface area contributed by atoms with Crippen molar-refractivity contribution in [3.63, 3.8) is 0 Å². The number of aryl methyl sites for hydroxylation is 1.